The molecule has 10 heteroatoms. The van der Waals surface area contributed by atoms with E-state index in [1.807, 2.05) is 23.6 Å². The maximum Gasteiger partial charge on any atom is 0.245 e. The average Bonchev–Trinajstić information content (AvgIpc) is 3.69. The molecule has 37 heavy (non-hydrogen) atoms. The Morgan fingerprint density at radius 1 is 1.00 bits per heavy atom. The van der Waals surface area contributed by atoms with Crippen molar-refractivity contribution < 1.29 is 9.15 Å². The molecule has 0 saturated carbocycles. The third-order valence-corrected chi connectivity index (χ3v) is 6.81. The van der Waals surface area contributed by atoms with Crippen LogP contribution in [0.4, 0.5) is 5.82 Å². The van der Waals surface area contributed by atoms with E-state index in [1.54, 1.807) is 6.33 Å². The molecule has 1 aliphatic rings. The summed E-state index contributed by atoms with van der Waals surface area (Å²) in [6, 6.07) is 20.8. The van der Waals surface area contributed by atoms with Crippen molar-refractivity contribution in [1.29, 1.82) is 0 Å². The highest BCUT2D eigenvalue weighted by molar-refractivity contribution is 6.28. The monoisotopic (exact) mass is 515 g/mol. The zero-order valence-electron chi connectivity index (χ0n) is 20.3. The van der Waals surface area contributed by atoms with Gasteiger partial charge in [-0.25, -0.2) is 4.98 Å². The highest BCUT2D eigenvalue weighted by Crippen LogP contribution is 2.39. The molecule has 2 aromatic carbocycles. The first-order valence-corrected chi connectivity index (χ1v) is 12.8. The Morgan fingerprint density at radius 2 is 1.73 bits per heavy atom. The fourth-order valence-corrected chi connectivity index (χ4v) is 4.93. The quantitative estimate of drug-likeness (QED) is 0.262. The minimum absolute atomic E-state index is 0.120. The SMILES string of the molecule is CCc1nnc(C2CCC(n3cnc4c(NCC(c5ccccc5)c5ccccc5)nc(Cl)nc43)O2)o1. The van der Waals surface area contributed by atoms with Gasteiger partial charge in [0.25, 0.3) is 0 Å². The molecule has 1 saturated heterocycles. The summed E-state index contributed by atoms with van der Waals surface area (Å²) in [6.07, 6.45) is 3.40. The smallest absolute Gasteiger partial charge is 0.245 e. The van der Waals surface area contributed by atoms with E-state index < -0.39 is 0 Å². The summed E-state index contributed by atoms with van der Waals surface area (Å²) in [5.74, 6) is 1.82. The largest absolute Gasteiger partial charge is 0.422 e. The van der Waals surface area contributed by atoms with Gasteiger partial charge in [0.1, 0.15) is 12.3 Å². The molecule has 0 amide bonds. The minimum Gasteiger partial charge on any atom is -0.422 e. The number of hydrogen-bond donors (Lipinski definition) is 1. The molecule has 0 aliphatic carbocycles. The summed E-state index contributed by atoms with van der Waals surface area (Å²) < 4.78 is 13.9. The summed E-state index contributed by atoms with van der Waals surface area (Å²) in [4.78, 5) is 13.6. The predicted octanol–water partition coefficient (Wildman–Crippen LogP) is 5.72. The van der Waals surface area contributed by atoms with Gasteiger partial charge < -0.3 is 14.5 Å². The number of aromatic nitrogens is 6. The molecule has 3 aromatic heterocycles. The van der Waals surface area contributed by atoms with Gasteiger partial charge in [-0.1, -0.05) is 67.6 Å². The van der Waals surface area contributed by atoms with Crippen molar-refractivity contribution >= 4 is 28.6 Å². The zero-order chi connectivity index (χ0) is 25.2. The van der Waals surface area contributed by atoms with Gasteiger partial charge in [-0.2, -0.15) is 9.97 Å². The van der Waals surface area contributed by atoms with Crippen molar-refractivity contribution in [3.8, 4) is 0 Å². The Hall–Kier alpha value is -3.82. The van der Waals surface area contributed by atoms with Gasteiger partial charge in [0, 0.05) is 18.9 Å². The molecule has 4 heterocycles. The number of nitrogens with zero attached hydrogens (tertiary/aromatic N) is 6. The van der Waals surface area contributed by atoms with Crippen LogP contribution in [0.5, 0.6) is 0 Å². The summed E-state index contributed by atoms with van der Waals surface area (Å²) in [5.41, 5.74) is 3.67. The molecule has 1 N–H and O–H groups in total. The molecule has 9 nitrogen and oxygen atoms in total. The molecule has 0 radical (unpaired) electrons. The van der Waals surface area contributed by atoms with Crippen molar-refractivity contribution in [2.75, 3.05) is 11.9 Å². The molecule has 5 aromatic rings. The van der Waals surface area contributed by atoms with E-state index in [1.165, 1.54) is 11.1 Å². The Bertz CT molecular complexity index is 1450. The van der Waals surface area contributed by atoms with Crippen LogP contribution in [0, 0.1) is 0 Å². The highest BCUT2D eigenvalue weighted by atomic mass is 35.5. The normalized spacial score (nSPS) is 17.6. The number of halogens is 1. The van der Waals surface area contributed by atoms with Crippen molar-refractivity contribution in [1.82, 2.24) is 29.7 Å². The van der Waals surface area contributed by atoms with Crippen LogP contribution in [-0.4, -0.2) is 36.3 Å². The highest BCUT2D eigenvalue weighted by Gasteiger charge is 2.33. The lowest BCUT2D eigenvalue weighted by Gasteiger charge is -2.19. The summed E-state index contributed by atoms with van der Waals surface area (Å²) in [5, 5.41) is 11.8. The number of anilines is 1. The Morgan fingerprint density at radius 3 is 2.41 bits per heavy atom. The molecule has 6 rings (SSSR count). The van der Waals surface area contributed by atoms with Crippen molar-refractivity contribution in [3.05, 3.63) is 95.2 Å². The van der Waals surface area contributed by atoms with Crippen molar-refractivity contribution in [2.24, 2.45) is 0 Å². The van der Waals surface area contributed by atoms with E-state index in [9.17, 15) is 0 Å². The van der Waals surface area contributed by atoms with Crippen LogP contribution in [-0.2, 0) is 11.2 Å². The first-order chi connectivity index (χ1) is 18.2. The van der Waals surface area contributed by atoms with Gasteiger partial charge >= 0.3 is 0 Å². The second kappa shape index (κ2) is 10.3. The molecule has 1 fully saturated rings. The first kappa shape index (κ1) is 23.6. The van der Waals surface area contributed by atoms with Crippen LogP contribution in [0.2, 0.25) is 5.28 Å². The standard InChI is InChI=1S/C27H26ClN7O2/c1-2-21-33-34-26(37-21)20-13-14-22(36-20)35-16-30-23-24(31-27(28)32-25(23)35)29-15-19(17-9-5-3-6-10-17)18-11-7-4-8-12-18/h3-12,16,19-20,22H,2,13-15H2,1H3,(H,29,31,32). The lowest BCUT2D eigenvalue weighted by molar-refractivity contribution is -0.00932. The molecule has 0 bridgehead atoms. The number of nitrogens with one attached hydrogen (secondary N) is 1. The van der Waals surface area contributed by atoms with Gasteiger partial charge in [-0.3, -0.25) is 4.57 Å². The first-order valence-electron chi connectivity index (χ1n) is 12.4. The number of aryl methyl sites for hydroxylation is 1. The van der Waals surface area contributed by atoms with Gasteiger partial charge in [0.05, 0.1) is 6.33 Å². The van der Waals surface area contributed by atoms with Crippen LogP contribution in [0.1, 0.15) is 60.9 Å². The summed E-state index contributed by atoms with van der Waals surface area (Å²) in [7, 11) is 0. The van der Waals surface area contributed by atoms with Crippen molar-refractivity contribution in [3.63, 3.8) is 0 Å². The van der Waals surface area contributed by atoms with E-state index >= 15 is 0 Å². The summed E-state index contributed by atoms with van der Waals surface area (Å²) in [6.45, 7) is 2.59. The number of imidazole rings is 1. The molecule has 0 spiro atoms. The maximum absolute atomic E-state index is 6.37. The third kappa shape index (κ3) is 4.80. The number of rotatable bonds is 8. The molecular formula is C27H26ClN7O2. The Kier molecular flexibility index (Phi) is 6.55. The second-order valence-electron chi connectivity index (χ2n) is 8.96. The lowest BCUT2D eigenvalue weighted by Crippen LogP contribution is -2.15. The van der Waals surface area contributed by atoms with E-state index in [0.29, 0.717) is 41.7 Å². The Balaban J connectivity index is 1.26. The average molecular weight is 516 g/mol. The molecule has 188 valence electrons. The Labute approximate surface area is 218 Å². The number of hydrogen-bond acceptors (Lipinski definition) is 8. The van der Waals surface area contributed by atoms with E-state index in [-0.39, 0.29) is 23.5 Å². The third-order valence-electron chi connectivity index (χ3n) is 6.64. The van der Waals surface area contributed by atoms with Gasteiger partial charge in [0.15, 0.2) is 17.0 Å². The number of ether oxygens (including phenoxy) is 1. The second-order valence-corrected chi connectivity index (χ2v) is 9.30. The molecule has 1 aliphatic heterocycles. The van der Waals surface area contributed by atoms with Gasteiger partial charge in [-0.05, 0) is 35.6 Å². The zero-order valence-corrected chi connectivity index (χ0v) is 21.0. The van der Waals surface area contributed by atoms with Crippen LogP contribution in [0.15, 0.2) is 71.4 Å². The molecular weight excluding hydrogens is 490 g/mol. The van der Waals surface area contributed by atoms with E-state index in [2.05, 4.69) is 79.0 Å². The van der Waals surface area contributed by atoms with Crippen LogP contribution < -0.4 is 5.32 Å². The number of benzene rings is 2. The maximum atomic E-state index is 6.37. The predicted molar refractivity (Wildman–Crippen MR) is 139 cm³/mol. The van der Waals surface area contributed by atoms with Gasteiger partial charge in [-0.15, -0.1) is 10.2 Å². The van der Waals surface area contributed by atoms with E-state index in [0.717, 1.165) is 12.8 Å². The number of fused-ring (bicyclic) bond motifs is 1. The van der Waals surface area contributed by atoms with E-state index in [4.69, 9.17) is 20.8 Å². The van der Waals surface area contributed by atoms with Crippen LogP contribution in [0.3, 0.4) is 0 Å². The minimum atomic E-state index is -0.271. The molecule has 2 unspecified atom stereocenters. The topological polar surface area (TPSA) is 104 Å². The van der Waals surface area contributed by atoms with Crippen molar-refractivity contribution in [2.45, 2.75) is 44.4 Å². The molecule has 2 atom stereocenters. The lowest BCUT2D eigenvalue weighted by atomic mass is 9.91. The van der Waals surface area contributed by atoms with Crippen LogP contribution in [0.25, 0.3) is 11.2 Å². The summed E-state index contributed by atoms with van der Waals surface area (Å²) >= 11 is 6.37. The van der Waals surface area contributed by atoms with Crippen LogP contribution >= 0.6 is 11.6 Å². The fraction of sp³-hybridized carbons (Fsp3) is 0.296. The van der Waals surface area contributed by atoms with Gasteiger partial charge in [0.2, 0.25) is 17.1 Å². The fourth-order valence-electron chi connectivity index (χ4n) is 4.77.